The topological polar surface area (TPSA) is 59.5 Å². The van der Waals surface area contributed by atoms with E-state index in [2.05, 4.69) is 0 Å². The summed E-state index contributed by atoms with van der Waals surface area (Å²) in [5.74, 6) is 0.672. The van der Waals surface area contributed by atoms with Crippen LogP contribution in [0.2, 0.25) is 0 Å². The van der Waals surface area contributed by atoms with Crippen LogP contribution in [0.3, 0.4) is 0 Å². The number of nitrogens with two attached hydrogens (primary N) is 1. The first-order valence-electron chi connectivity index (χ1n) is 4.52. The number of carbonyl (C=O) groups is 1. The highest BCUT2D eigenvalue weighted by molar-refractivity contribution is 5.92. The van der Waals surface area contributed by atoms with Gasteiger partial charge in [0.1, 0.15) is 5.76 Å². The Hall–Kier alpha value is -1.55. The summed E-state index contributed by atoms with van der Waals surface area (Å²) in [5, 5.41) is 0. The molecule has 0 bridgehead atoms. The highest BCUT2D eigenvalue weighted by atomic mass is 16.3. The van der Waals surface area contributed by atoms with Crippen LogP contribution in [0.1, 0.15) is 5.76 Å². The minimum atomic E-state index is -0.0110. The fourth-order valence-corrected chi connectivity index (χ4v) is 1.34. The molecule has 4 heteroatoms. The fraction of sp³-hybridized carbons (Fsp3) is 0.300. The van der Waals surface area contributed by atoms with E-state index in [4.69, 9.17) is 10.2 Å². The predicted octanol–water partition coefficient (Wildman–Crippen LogP) is 0.462. The molecule has 0 atom stereocenters. The maximum atomic E-state index is 11.4. The van der Waals surface area contributed by atoms with E-state index in [9.17, 15) is 4.79 Å². The van der Waals surface area contributed by atoms with Gasteiger partial charge in [0.2, 0.25) is 5.91 Å². The number of amides is 1. The third kappa shape index (κ3) is 1.85. The van der Waals surface area contributed by atoms with E-state index in [1.54, 1.807) is 29.4 Å². The molecule has 0 aliphatic carbocycles. The minimum absolute atomic E-state index is 0.0110. The number of carbonyl (C=O) groups excluding carboxylic acids is 1. The van der Waals surface area contributed by atoms with Crippen LogP contribution in [0.15, 0.2) is 28.9 Å². The van der Waals surface area contributed by atoms with Crippen molar-refractivity contribution in [2.24, 2.45) is 5.73 Å². The Bertz CT molecular complexity index is 337. The quantitative estimate of drug-likeness (QED) is 0.692. The molecule has 0 radical (unpaired) electrons. The van der Waals surface area contributed by atoms with Crippen molar-refractivity contribution in [1.82, 2.24) is 4.90 Å². The number of nitrogens with zero attached hydrogens (tertiary/aromatic N) is 1. The van der Waals surface area contributed by atoms with E-state index >= 15 is 0 Å². The second-order valence-corrected chi connectivity index (χ2v) is 3.35. The van der Waals surface area contributed by atoms with Gasteiger partial charge in [-0.1, -0.05) is 0 Å². The average molecular weight is 192 g/mol. The van der Waals surface area contributed by atoms with Crippen molar-refractivity contribution >= 4 is 12.0 Å². The molecule has 1 fully saturated rings. The minimum Gasteiger partial charge on any atom is -0.465 e. The van der Waals surface area contributed by atoms with E-state index in [0.29, 0.717) is 18.8 Å². The van der Waals surface area contributed by atoms with Crippen LogP contribution in [-0.4, -0.2) is 29.9 Å². The molecular formula is C10H12N2O2. The summed E-state index contributed by atoms with van der Waals surface area (Å²) in [6.45, 7) is 1.31. The highest BCUT2D eigenvalue weighted by Gasteiger charge is 2.25. The van der Waals surface area contributed by atoms with Crippen molar-refractivity contribution in [1.29, 1.82) is 0 Å². The number of hydrogen-bond acceptors (Lipinski definition) is 3. The predicted molar refractivity (Wildman–Crippen MR) is 52.3 cm³/mol. The van der Waals surface area contributed by atoms with E-state index < -0.39 is 0 Å². The summed E-state index contributed by atoms with van der Waals surface area (Å²) in [6.07, 6.45) is 4.74. The Morgan fingerprint density at radius 1 is 1.64 bits per heavy atom. The van der Waals surface area contributed by atoms with Crippen LogP contribution in [0.4, 0.5) is 0 Å². The molecule has 4 nitrogen and oxygen atoms in total. The lowest BCUT2D eigenvalue weighted by Gasteiger charge is -2.35. The first kappa shape index (κ1) is 9.02. The lowest BCUT2D eigenvalue weighted by molar-refractivity contribution is -0.130. The molecule has 1 aliphatic rings. The zero-order chi connectivity index (χ0) is 9.97. The maximum absolute atomic E-state index is 11.4. The molecule has 14 heavy (non-hydrogen) atoms. The van der Waals surface area contributed by atoms with Crippen LogP contribution in [0, 0.1) is 0 Å². The van der Waals surface area contributed by atoms with Gasteiger partial charge in [-0.3, -0.25) is 4.79 Å². The van der Waals surface area contributed by atoms with Gasteiger partial charge in [-0.05, 0) is 18.2 Å². The van der Waals surface area contributed by atoms with Gasteiger partial charge in [0.25, 0.3) is 0 Å². The molecule has 1 aliphatic heterocycles. The summed E-state index contributed by atoms with van der Waals surface area (Å²) < 4.78 is 5.05. The van der Waals surface area contributed by atoms with Crippen LogP contribution < -0.4 is 5.73 Å². The standard InChI is InChI=1S/C10H12N2O2/c11-8-6-12(7-8)10(13)4-3-9-2-1-5-14-9/h1-5,8H,6-7,11H2. The van der Waals surface area contributed by atoms with E-state index in [1.807, 2.05) is 0 Å². The van der Waals surface area contributed by atoms with Crippen molar-refractivity contribution in [2.75, 3.05) is 13.1 Å². The first-order valence-corrected chi connectivity index (χ1v) is 4.52. The van der Waals surface area contributed by atoms with Crippen molar-refractivity contribution < 1.29 is 9.21 Å². The van der Waals surface area contributed by atoms with E-state index in [0.717, 1.165) is 0 Å². The third-order valence-electron chi connectivity index (χ3n) is 2.15. The molecule has 0 aromatic carbocycles. The van der Waals surface area contributed by atoms with Gasteiger partial charge < -0.3 is 15.1 Å². The van der Waals surface area contributed by atoms with E-state index in [1.165, 1.54) is 6.08 Å². The highest BCUT2D eigenvalue weighted by Crippen LogP contribution is 2.08. The van der Waals surface area contributed by atoms with Crippen molar-refractivity contribution in [2.45, 2.75) is 6.04 Å². The second kappa shape index (κ2) is 3.67. The fourth-order valence-electron chi connectivity index (χ4n) is 1.34. The Kier molecular flexibility index (Phi) is 2.37. The Balaban J connectivity index is 1.89. The molecule has 1 amide bonds. The summed E-state index contributed by atoms with van der Waals surface area (Å²) in [4.78, 5) is 13.1. The lowest BCUT2D eigenvalue weighted by atomic mass is 10.1. The zero-order valence-corrected chi connectivity index (χ0v) is 7.72. The molecular weight excluding hydrogens is 180 g/mol. The van der Waals surface area contributed by atoms with Crippen molar-refractivity contribution in [3.63, 3.8) is 0 Å². The number of furan rings is 1. The lowest BCUT2D eigenvalue weighted by Crippen LogP contribution is -2.57. The van der Waals surface area contributed by atoms with Gasteiger partial charge in [0, 0.05) is 25.2 Å². The molecule has 0 unspecified atom stereocenters. The molecule has 2 rings (SSSR count). The van der Waals surface area contributed by atoms with E-state index in [-0.39, 0.29) is 11.9 Å². The summed E-state index contributed by atoms with van der Waals surface area (Å²) in [5.41, 5.74) is 5.56. The van der Waals surface area contributed by atoms with Crippen LogP contribution >= 0.6 is 0 Å². The number of hydrogen-bond donors (Lipinski definition) is 1. The third-order valence-corrected chi connectivity index (χ3v) is 2.15. The summed E-state index contributed by atoms with van der Waals surface area (Å²) in [7, 11) is 0. The second-order valence-electron chi connectivity index (χ2n) is 3.35. The zero-order valence-electron chi connectivity index (χ0n) is 7.72. The Morgan fingerprint density at radius 2 is 2.43 bits per heavy atom. The largest absolute Gasteiger partial charge is 0.465 e. The van der Waals surface area contributed by atoms with Crippen LogP contribution in [0.25, 0.3) is 6.08 Å². The molecule has 0 saturated carbocycles. The van der Waals surface area contributed by atoms with Gasteiger partial charge >= 0.3 is 0 Å². The molecule has 0 spiro atoms. The van der Waals surface area contributed by atoms with Crippen molar-refractivity contribution in [3.05, 3.63) is 30.2 Å². The SMILES string of the molecule is NC1CN(C(=O)C=Cc2ccco2)C1. The average Bonchev–Trinajstić information content (AvgIpc) is 2.61. The van der Waals surface area contributed by atoms with Gasteiger partial charge in [0.05, 0.1) is 6.26 Å². The smallest absolute Gasteiger partial charge is 0.246 e. The number of rotatable bonds is 2. The monoisotopic (exact) mass is 192 g/mol. The van der Waals surface area contributed by atoms with Gasteiger partial charge in [-0.2, -0.15) is 0 Å². The molecule has 2 N–H and O–H groups in total. The normalized spacial score (nSPS) is 17.4. The molecule has 1 aromatic heterocycles. The first-order chi connectivity index (χ1) is 6.75. The Labute approximate surface area is 82.0 Å². The Morgan fingerprint density at radius 3 is 3.00 bits per heavy atom. The molecule has 1 aromatic rings. The van der Waals surface area contributed by atoms with Crippen molar-refractivity contribution in [3.8, 4) is 0 Å². The van der Waals surface area contributed by atoms with Gasteiger partial charge in [-0.25, -0.2) is 0 Å². The molecule has 2 heterocycles. The number of likely N-dealkylation sites (tertiary alicyclic amines) is 1. The summed E-state index contributed by atoms with van der Waals surface area (Å²) >= 11 is 0. The van der Waals surface area contributed by atoms with Gasteiger partial charge in [-0.15, -0.1) is 0 Å². The maximum Gasteiger partial charge on any atom is 0.246 e. The van der Waals surface area contributed by atoms with Gasteiger partial charge in [0.15, 0.2) is 0 Å². The van der Waals surface area contributed by atoms with Crippen LogP contribution in [0.5, 0.6) is 0 Å². The molecule has 1 saturated heterocycles. The summed E-state index contributed by atoms with van der Waals surface area (Å²) in [6, 6.07) is 3.73. The molecule has 74 valence electrons. The van der Waals surface area contributed by atoms with Crippen LogP contribution in [-0.2, 0) is 4.79 Å².